The molecule has 0 radical (unpaired) electrons. The first-order valence-electron chi connectivity index (χ1n) is 8.95. The minimum absolute atomic E-state index is 0.0258. The van der Waals surface area contributed by atoms with Gasteiger partial charge in [0.15, 0.2) is 6.10 Å². The van der Waals surface area contributed by atoms with E-state index in [1.807, 2.05) is 13.8 Å². The Balaban J connectivity index is 2.12. The second-order valence-corrected chi connectivity index (χ2v) is 6.72. The van der Waals surface area contributed by atoms with Gasteiger partial charge in [-0.1, -0.05) is 0 Å². The molecule has 0 spiro atoms. The molecule has 2 rings (SSSR count). The van der Waals surface area contributed by atoms with Crippen molar-refractivity contribution in [3.05, 3.63) is 52.3 Å². The number of aryl methyl sites for hydroxylation is 1. The molecule has 0 fully saturated rings. The molecule has 0 saturated carbocycles. The second kappa shape index (κ2) is 8.73. The minimum Gasteiger partial charge on any atom is -0.491 e. The van der Waals surface area contributed by atoms with E-state index < -0.39 is 23.8 Å². The first kappa shape index (κ1) is 21.2. The summed E-state index contributed by atoms with van der Waals surface area (Å²) in [5.41, 5.74) is 1.83. The molecule has 1 aromatic carbocycles. The highest BCUT2D eigenvalue weighted by atomic mass is 16.5. The first-order chi connectivity index (χ1) is 13.1. The third kappa shape index (κ3) is 4.60. The average Bonchev–Trinajstić information content (AvgIpc) is 2.94. The highest BCUT2D eigenvalue weighted by molar-refractivity contribution is 6.04. The molecule has 0 saturated heterocycles. The molecule has 150 valence electrons. The third-order valence-electron chi connectivity index (χ3n) is 4.19. The fourth-order valence-corrected chi connectivity index (χ4v) is 2.83. The van der Waals surface area contributed by atoms with Crippen LogP contribution in [0.2, 0.25) is 0 Å². The lowest BCUT2D eigenvalue weighted by atomic mass is 10.1. The maximum Gasteiger partial charge on any atom is 0.339 e. The van der Waals surface area contributed by atoms with E-state index in [9.17, 15) is 14.4 Å². The van der Waals surface area contributed by atoms with Gasteiger partial charge in [0.1, 0.15) is 5.75 Å². The van der Waals surface area contributed by atoms with E-state index in [1.165, 1.54) is 14.0 Å². The minimum atomic E-state index is -1.03. The Morgan fingerprint density at radius 2 is 1.57 bits per heavy atom. The van der Waals surface area contributed by atoms with Crippen molar-refractivity contribution in [2.75, 3.05) is 7.11 Å². The highest BCUT2D eigenvalue weighted by Gasteiger charge is 2.27. The van der Waals surface area contributed by atoms with Crippen LogP contribution in [0.15, 0.2) is 24.3 Å². The summed E-state index contributed by atoms with van der Waals surface area (Å²) in [5.74, 6) is -0.933. The van der Waals surface area contributed by atoms with Gasteiger partial charge in [0.2, 0.25) is 5.78 Å². The number of benzene rings is 1. The Labute approximate surface area is 164 Å². The van der Waals surface area contributed by atoms with Gasteiger partial charge in [0, 0.05) is 5.69 Å². The second-order valence-electron chi connectivity index (χ2n) is 6.72. The summed E-state index contributed by atoms with van der Waals surface area (Å²) in [6.45, 7) is 8.62. The number of ether oxygens (including phenoxy) is 3. The predicted octanol–water partition coefficient (Wildman–Crippen LogP) is 3.63. The SMILES string of the molecule is COC(=O)c1c(C)[nH]c(C(=O)C(C)OC(=O)c2ccc(OC(C)C)cc2)c1C. The van der Waals surface area contributed by atoms with Gasteiger partial charge in [0.05, 0.1) is 30.0 Å². The number of rotatable bonds is 7. The maximum atomic E-state index is 12.7. The van der Waals surface area contributed by atoms with Crippen LogP contribution in [-0.2, 0) is 9.47 Å². The lowest BCUT2D eigenvalue weighted by Gasteiger charge is -2.13. The van der Waals surface area contributed by atoms with Gasteiger partial charge in [-0.25, -0.2) is 9.59 Å². The average molecular weight is 387 g/mol. The summed E-state index contributed by atoms with van der Waals surface area (Å²) >= 11 is 0. The summed E-state index contributed by atoms with van der Waals surface area (Å²) in [6, 6.07) is 6.50. The molecule has 0 aliphatic heterocycles. The van der Waals surface area contributed by atoms with Gasteiger partial charge >= 0.3 is 11.9 Å². The van der Waals surface area contributed by atoms with Crippen LogP contribution in [0.3, 0.4) is 0 Å². The van der Waals surface area contributed by atoms with Crippen molar-refractivity contribution < 1.29 is 28.6 Å². The maximum absolute atomic E-state index is 12.7. The summed E-state index contributed by atoms with van der Waals surface area (Å²) in [5, 5.41) is 0. The molecular weight excluding hydrogens is 362 g/mol. The molecule has 0 amide bonds. The molecule has 7 heteroatoms. The summed E-state index contributed by atoms with van der Waals surface area (Å²) < 4.78 is 15.6. The van der Waals surface area contributed by atoms with Crippen LogP contribution >= 0.6 is 0 Å². The number of esters is 2. The standard InChI is InChI=1S/C21H25NO6/c1-11(2)27-16-9-7-15(8-10-16)20(24)28-14(5)19(23)18-12(3)17(13(4)22-18)21(25)26-6/h7-11,14,22H,1-6H3. The van der Waals surface area contributed by atoms with Crippen molar-refractivity contribution in [1.29, 1.82) is 0 Å². The van der Waals surface area contributed by atoms with Gasteiger partial charge in [-0.3, -0.25) is 4.79 Å². The van der Waals surface area contributed by atoms with Crippen molar-refractivity contribution >= 4 is 17.7 Å². The number of ketones is 1. The molecule has 1 unspecified atom stereocenters. The number of H-pyrrole nitrogens is 1. The highest BCUT2D eigenvalue weighted by Crippen LogP contribution is 2.21. The van der Waals surface area contributed by atoms with E-state index in [1.54, 1.807) is 38.1 Å². The van der Waals surface area contributed by atoms with E-state index in [-0.39, 0.29) is 11.8 Å². The smallest absolute Gasteiger partial charge is 0.339 e. The number of aromatic nitrogens is 1. The van der Waals surface area contributed by atoms with Gasteiger partial charge in [-0.15, -0.1) is 0 Å². The van der Waals surface area contributed by atoms with Crippen LogP contribution in [0.5, 0.6) is 5.75 Å². The Bertz CT molecular complexity index is 879. The van der Waals surface area contributed by atoms with E-state index >= 15 is 0 Å². The molecule has 28 heavy (non-hydrogen) atoms. The molecule has 1 N–H and O–H groups in total. The quantitative estimate of drug-likeness (QED) is 0.576. The molecule has 0 bridgehead atoms. The van der Waals surface area contributed by atoms with Crippen molar-refractivity contribution in [3.63, 3.8) is 0 Å². The molecular formula is C21H25NO6. The van der Waals surface area contributed by atoms with Crippen molar-refractivity contribution in [2.24, 2.45) is 0 Å². The Kier molecular flexibility index (Phi) is 6.62. The molecule has 1 heterocycles. The predicted molar refractivity (Wildman–Crippen MR) is 103 cm³/mol. The normalized spacial score (nSPS) is 11.8. The fourth-order valence-electron chi connectivity index (χ4n) is 2.83. The lowest BCUT2D eigenvalue weighted by Crippen LogP contribution is -2.25. The zero-order valence-electron chi connectivity index (χ0n) is 16.9. The number of hydrogen-bond acceptors (Lipinski definition) is 6. The van der Waals surface area contributed by atoms with Crippen molar-refractivity contribution in [3.8, 4) is 5.75 Å². The lowest BCUT2D eigenvalue weighted by molar-refractivity contribution is 0.0316. The molecule has 2 aromatic rings. The van der Waals surface area contributed by atoms with Crippen LogP contribution in [0.1, 0.15) is 63.2 Å². The Morgan fingerprint density at radius 3 is 2.11 bits per heavy atom. The van der Waals surface area contributed by atoms with E-state index in [2.05, 4.69) is 4.98 Å². The number of methoxy groups -OCH3 is 1. The molecule has 0 aliphatic carbocycles. The summed E-state index contributed by atoms with van der Waals surface area (Å²) in [4.78, 5) is 39.8. The number of carbonyl (C=O) groups is 3. The Morgan fingerprint density at radius 1 is 0.964 bits per heavy atom. The van der Waals surface area contributed by atoms with Crippen molar-refractivity contribution in [2.45, 2.75) is 46.8 Å². The van der Waals surface area contributed by atoms with Crippen LogP contribution in [-0.4, -0.2) is 42.0 Å². The van der Waals surface area contributed by atoms with Crippen LogP contribution in [0.4, 0.5) is 0 Å². The van der Waals surface area contributed by atoms with E-state index in [0.29, 0.717) is 28.1 Å². The van der Waals surface area contributed by atoms with Crippen LogP contribution in [0, 0.1) is 13.8 Å². The van der Waals surface area contributed by atoms with Gasteiger partial charge in [0.25, 0.3) is 0 Å². The number of nitrogens with one attached hydrogen (secondary N) is 1. The van der Waals surface area contributed by atoms with Gasteiger partial charge in [-0.2, -0.15) is 0 Å². The number of carbonyl (C=O) groups excluding carboxylic acids is 3. The Hall–Kier alpha value is -3.09. The number of hydrogen-bond donors (Lipinski definition) is 1. The molecule has 1 atom stereocenters. The summed E-state index contributed by atoms with van der Waals surface area (Å²) in [6.07, 6.45) is -1.00. The zero-order chi connectivity index (χ0) is 21.0. The van der Waals surface area contributed by atoms with Crippen molar-refractivity contribution in [1.82, 2.24) is 4.98 Å². The first-order valence-corrected chi connectivity index (χ1v) is 8.95. The van der Waals surface area contributed by atoms with Gasteiger partial charge < -0.3 is 19.2 Å². The van der Waals surface area contributed by atoms with Gasteiger partial charge in [-0.05, 0) is 64.4 Å². The number of aromatic amines is 1. The monoisotopic (exact) mass is 387 g/mol. The third-order valence-corrected chi connectivity index (χ3v) is 4.19. The molecule has 7 nitrogen and oxygen atoms in total. The van der Waals surface area contributed by atoms with Crippen LogP contribution < -0.4 is 4.74 Å². The summed E-state index contributed by atoms with van der Waals surface area (Å²) in [7, 11) is 1.28. The van der Waals surface area contributed by atoms with Crippen LogP contribution in [0.25, 0.3) is 0 Å². The molecule has 1 aromatic heterocycles. The van der Waals surface area contributed by atoms with E-state index in [4.69, 9.17) is 14.2 Å². The largest absolute Gasteiger partial charge is 0.491 e. The molecule has 0 aliphatic rings. The van der Waals surface area contributed by atoms with E-state index in [0.717, 1.165) is 0 Å². The number of Topliss-reactive ketones (excluding diaryl/α,β-unsaturated/α-hetero) is 1. The zero-order valence-corrected chi connectivity index (χ0v) is 16.9. The topological polar surface area (TPSA) is 94.7 Å². The fraction of sp³-hybridized carbons (Fsp3) is 0.381.